The number of fused-ring (bicyclic) bond motifs is 3. The Morgan fingerprint density at radius 2 is 1.02 bits per heavy atom. The molecule has 2 aliphatic rings. The van der Waals surface area contributed by atoms with Gasteiger partial charge in [0, 0.05) is 0 Å². The molecule has 0 bridgehead atoms. The maximum absolute atomic E-state index is 5.88. The molecule has 0 nitrogen and oxygen atoms in total. The standard InChI is InChI=1S/C29H41.2C6H4Br.C5H5.CH2.2ClH.Zr/c1-26(2,3)22-14-18-13-19-15-23(27(4,5)6)25(29(10,11)12)17-21(19)20(18)16-24(22)28(7,8)9;2*7-6-4-2-1-3-5-6;1-2-4-5-3-1;;;;/h14,16-17H,13H2,1-12H3;2*2-5H;1-3H,4H2;1H2;2*1H;. The van der Waals surface area contributed by atoms with Crippen LogP contribution >= 0.6 is 56.7 Å². The summed E-state index contributed by atoms with van der Waals surface area (Å²) in [5, 5.41) is 0. The van der Waals surface area contributed by atoms with Crippen LogP contribution in [-0.4, -0.2) is 4.21 Å². The summed E-state index contributed by atoms with van der Waals surface area (Å²) in [5.41, 5.74) is 11.5. The van der Waals surface area contributed by atoms with Crippen LogP contribution in [0.1, 0.15) is 123 Å². The van der Waals surface area contributed by atoms with Gasteiger partial charge in [-0.25, -0.2) is 0 Å². The molecule has 52 heavy (non-hydrogen) atoms. The van der Waals surface area contributed by atoms with Crippen LogP contribution in [-0.2, 0) is 46.4 Å². The van der Waals surface area contributed by atoms with Crippen molar-refractivity contribution in [2.45, 2.75) is 118 Å². The average Bonchev–Trinajstić information content (AvgIpc) is 3.67. The Kier molecular flexibility index (Phi) is 11.9. The van der Waals surface area contributed by atoms with Crippen LogP contribution in [0.3, 0.4) is 0 Å². The van der Waals surface area contributed by atoms with E-state index in [-0.39, 0.29) is 46.5 Å². The summed E-state index contributed by atoms with van der Waals surface area (Å²) >= 11 is 2.55. The van der Waals surface area contributed by atoms with Gasteiger partial charge in [-0.05, 0) is 0 Å². The van der Waals surface area contributed by atoms with E-state index >= 15 is 0 Å². The zero-order valence-electron chi connectivity index (χ0n) is 33.3. The third kappa shape index (κ3) is 7.00. The molecule has 0 aromatic heterocycles. The molecule has 4 aromatic rings. The number of benzene rings is 4. The number of allylic oxidation sites excluding steroid dienone is 4. The quantitative estimate of drug-likeness (QED) is 0.168. The number of halogens is 4. The minimum absolute atomic E-state index is 0. The summed E-state index contributed by atoms with van der Waals surface area (Å²) in [6.45, 7) is 28.8. The molecule has 4 aromatic carbocycles. The minimum atomic E-state index is -5.05. The van der Waals surface area contributed by atoms with Gasteiger partial charge >= 0.3 is 323 Å². The van der Waals surface area contributed by atoms with Gasteiger partial charge in [0.05, 0.1) is 0 Å². The summed E-state index contributed by atoms with van der Waals surface area (Å²) in [5.74, 6) is 0. The van der Waals surface area contributed by atoms with Gasteiger partial charge in [-0.3, -0.25) is 0 Å². The van der Waals surface area contributed by atoms with E-state index in [0.29, 0.717) is 0 Å². The first-order chi connectivity index (χ1) is 23.0. The molecule has 0 unspecified atom stereocenters. The van der Waals surface area contributed by atoms with Gasteiger partial charge in [0.1, 0.15) is 0 Å². The Balaban J connectivity index is 0.00000302. The molecule has 278 valence electrons. The second kappa shape index (κ2) is 14.3. The van der Waals surface area contributed by atoms with E-state index in [1.807, 2.05) is 0 Å². The van der Waals surface area contributed by atoms with Crippen molar-refractivity contribution in [2.75, 3.05) is 0 Å². The molecular weight excluding hydrogens is 886 g/mol. The maximum atomic E-state index is 5.88. The van der Waals surface area contributed by atoms with E-state index in [1.54, 1.807) is 3.27 Å². The van der Waals surface area contributed by atoms with Crippen LogP contribution in [0.5, 0.6) is 0 Å². The van der Waals surface area contributed by atoms with Crippen molar-refractivity contribution in [3.63, 3.8) is 0 Å². The third-order valence-electron chi connectivity index (χ3n) is 11.5. The van der Waals surface area contributed by atoms with Crippen LogP contribution in [0.15, 0.2) is 97.2 Å². The molecule has 0 amide bonds. The molecule has 0 N–H and O–H groups in total. The van der Waals surface area contributed by atoms with Gasteiger partial charge in [0.25, 0.3) is 0 Å². The van der Waals surface area contributed by atoms with E-state index in [4.69, 9.17) is 4.21 Å². The van der Waals surface area contributed by atoms with Gasteiger partial charge in [0.15, 0.2) is 0 Å². The first kappa shape index (κ1) is 43.4. The van der Waals surface area contributed by atoms with Gasteiger partial charge < -0.3 is 0 Å². The summed E-state index contributed by atoms with van der Waals surface area (Å²) < 4.78 is 13.9. The Labute approximate surface area is 345 Å². The first-order valence-corrected chi connectivity index (χ1v) is 26.5. The first-order valence-electron chi connectivity index (χ1n) is 18.3. The van der Waals surface area contributed by atoms with E-state index in [9.17, 15) is 0 Å². The molecule has 5 heteroatoms. The Morgan fingerprint density at radius 3 is 1.42 bits per heavy atom. The number of hydrogen-bond acceptors (Lipinski definition) is 0. The van der Waals surface area contributed by atoms with Gasteiger partial charge in [0.2, 0.25) is 0 Å². The van der Waals surface area contributed by atoms with Crippen molar-refractivity contribution in [1.29, 1.82) is 0 Å². The molecule has 0 saturated carbocycles. The molecule has 0 heterocycles. The van der Waals surface area contributed by atoms with Crippen molar-refractivity contribution in [3.8, 4) is 11.1 Å². The van der Waals surface area contributed by atoms with E-state index in [2.05, 4.69) is 200 Å². The molecule has 0 radical (unpaired) electrons. The predicted octanol–water partition coefficient (Wildman–Crippen LogP) is 13.1. The van der Waals surface area contributed by atoms with Crippen LogP contribution in [0.2, 0.25) is 0 Å². The van der Waals surface area contributed by atoms with Crippen molar-refractivity contribution in [2.24, 2.45) is 0 Å². The Hall–Kier alpha value is -1.35. The van der Waals surface area contributed by atoms with Crippen LogP contribution in [0.25, 0.3) is 11.1 Å². The van der Waals surface area contributed by atoms with Crippen LogP contribution < -0.4 is 9.81 Å². The fourth-order valence-corrected chi connectivity index (χ4v) is 26.2. The topological polar surface area (TPSA) is 0 Å². The number of hydrogen-bond donors (Lipinski definition) is 0. The summed E-state index contributed by atoms with van der Waals surface area (Å²) in [6, 6.07) is 26.4. The molecule has 0 aliphatic heterocycles. The summed E-state index contributed by atoms with van der Waals surface area (Å²) in [4.78, 5) is 0. The molecule has 0 fully saturated rings. The monoisotopic (exact) mass is 940 g/mol. The second-order valence-electron chi connectivity index (χ2n) is 19.2. The number of rotatable bonds is 4. The molecule has 2 aliphatic carbocycles. The molecule has 6 rings (SSSR count). The van der Waals surface area contributed by atoms with Gasteiger partial charge in [-0.15, -0.1) is 24.8 Å². The second-order valence-corrected chi connectivity index (χ2v) is 33.9. The Bertz CT molecular complexity index is 2090. The Morgan fingerprint density at radius 1 is 0.577 bits per heavy atom. The van der Waals surface area contributed by atoms with Crippen LogP contribution in [0, 0.1) is 0 Å². The molecule has 0 atom stereocenters. The fourth-order valence-electron chi connectivity index (χ4n) is 9.08. The van der Waals surface area contributed by atoms with Crippen LogP contribution in [0.4, 0.5) is 0 Å². The van der Waals surface area contributed by atoms with E-state index < -0.39 is 18.3 Å². The van der Waals surface area contributed by atoms with Crippen molar-refractivity contribution in [1.82, 2.24) is 0 Å². The van der Waals surface area contributed by atoms with Crippen molar-refractivity contribution >= 4 is 70.7 Å². The van der Waals surface area contributed by atoms with Gasteiger partial charge in [-0.1, -0.05) is 0 Å². The summed E-state index contributed by atoms with van der Waals surface area (Å²) in [7, 11) is 0. The third-order valence-corrected chi connectivity index (χ3v) is 28.9. The molecular formula is C47H58Br2Cl2Zr. The normalized spacial score (nSPS) is 14.7. The van der Waals surface area contributed by atoms with E-state index in [0.717, 1.165) is 21.8 Å². The average molecular weight is 945 g/mol. The van der Waals surface area contributed by atoms with E-state index in [1.165, 1.54) is 54.3 Å². The molecule has 0 saturated heterocycles. The predicted molar refractivity (Wildman–Crippen MR) is 240 cm³/mol. The van der Waals surface area contributed by atoms with Crippen molar-refractivity contribution < 1.29 is 18.3 Å². The van der Waals surface area contributed by atoms with Gasteiger partial charge in [-0.2, -0.15) is 0 Å². The zero-order chi connectivity index (χ0) is 36.8. The SMILES string of the molecule is Cl.Cl.[CH2]=[Zr]([C]1=CC=CC1)([c]1ccc(Br)cc1)([c]1ccc(Br)cc1)[c]1c2c(cc(C(C)(C)C)c1C(C)(C)C)-c1cc(C(C)(C)C)c(C(C)(C)C)cc1C2. The van der Waals surface area contributed by atoms with Crippen molar-refractivity contribution in [3.05, 3.63) is 131 Å². The molecule has 0 spiro atoms. The zero-order valence-corrected chi connectivity index (χ0v) is 40.5. The summed E-state index contributed by atoms with van der Waals surface area (Å²) in [6.07, 6.45) is 8.94. The fraction of sp³-hybridized carbons (Fsp3) is 0.383.